The Morgan fingerprint density at radius 3 is 2.74 bits per heavy atom. The van der Waals surface area contributed by atoms with E-state index in [1.165, 1.54) is 0 Å². The zero-order valence-corrected chi connectivity index (χ0v) is 17.8. The average molecular weight is 443 g/mol. The number of amides is 1. The Hall–Kier alpha value is -2.57. The van der Waals surface area contributed by atoms with Crippen LogP contribution in [0.1, 0.15) is 23.4 Å². The molecule has 0 saturated carbocycles. The number of carbonyl (C=O) groups is 1. The second-order valence-electron chi connectivity index (χ2n) is 8.23. The third-order valence-corrected chi connectivity index (χ3v) is 6.51. The van der Waals surface area contributed by atoms with Crippen molar-refractivity contribution in [2.45, 2.75) is 18.9 Å². The number of carbonyl (C=O) groups excluding carboxylic acids is 1. The van der Waals surface area contributed by atoms with Gasteiger partial charge in [-0.1, -0.05) is 29.8 Å². The monoisotopic (exact) mass is 442 g/mol. The summed E-state index contributed by atoms with van der Waals surface area (Å²) in [5, 5.41) is 4.43. The van der Waals surface area contributed by atoms with E-state index in [1.54, 1.807) is 24.3 Å². The molecule has 0 spiro atoms. The SMILES string of the molecule is O=C(N[C@H]1CN2CCC1CC2)c1cc2cc(Cl)cc(-c3ccccc3OCCF)c2o1. The number of ether oxygens (including phenoxy) is 1. The first-order chi connectivity index (χ1) is 15.1. The lowest BCUT2D eigenvalue weighted by Crippen LogP contribution is -2.57. The molecule has 2 bridgehead atoms. The van der Waals surface area contributed by atoms with Crippen LogP contribution in [0.5, 0.6) is 5.75 Å². The van der Waals surface area contributed by atoms with Crippen molar-refractivity contribution in [2.75, 3.05) is 32.9 Å². The van der Waals surface area contributed by atoms with E-state index in [-0.39, 0.29) is 24.3 Å². The number of rotatable bonds is 6. The van der Waals surface area contributed by atoms with Gasteiger partial charge in [-0.15, -0.1) is 0 Å². The molecule has 3 aliphatic rings. The van der Waals surface area contributed by atoms with Crippen molar-refractivity contribution in [3.05, 3.63) is 53.2 Å². The topological polar surface area (TPSA) is 54.7 Å². The summed E-state index contributed by atoms with van der Waals surface area (Å²) in [6.07, 6.45) is 2.25. The maximum atomic E-state index is 13.0. The minimum absolute atomic E-state index is 0.0356. The van der Waals surface area contributed by atoms with Crippen molar-refractivity contribution >= 4 is 28.5 Å². The highest BCUT2D eigenvalue weighted by atomic mass is 35.5. The van der Waals surface area contributed by atoms with Crippen LogP contribution in [0.25, 0.3) is 22.1 Å². The van der Waals surface area contributed by atoms with E-state index in [1.807, 2.05) is 18.2 Å². The Morgan fingerprint density at radius 2 is 2.00 bits per heavy atom. The van der Waals surface area contributed by atoms with E-state index in [2.05, 4.69) is 10.2 Å². The van der Waals surface area contributed by atoms with Gasteiger partial charge in [0.05, 0.1) is 0 Å². The van der Waals surface area contributed by atoms with Gasteiger partial charge in [0.2, 0.25) is 0 Å². The number of hydrogen-bond acceptors (Lipinski definition) is 4. The molecule has 3 aromatic rings. The number of hydrogen-bond donors (Lipinski definition) is 1. The molecular formula is C24H24ClFN2O3. The van der Waals surface area contributed by atoms with E-state index in [0.717, 1.165) is 43.4 Å². The molecule has 1 N–H and O–H groups in total. The first-order valence-corrected chi connectivity index (χ1v) is 11.0. The molecule has 5 nitrogen and oxygen atoms in total. The highest BCUT2D eigenvalue weighted by molar-refractivity contribution is 6.32. The van der Waals surface area contributed by atoms with E-state index < -0.39 is 6.67 Å². The number of halogens is 2. The molecule has 1 atom stereocenters. The summed E-state index contributed by atoms with van der Waals surface area (Å²) in [5.74, 6) is 1.12. The molecule has 0 unspecified atom stereocenters. The van der Waals surface area contributed by atoms with Gasteiger partial charge in [-0.2, -0.15) is 0 Å². The van der Waals surface area contributed by atoms with Crippen molar-refractivity contribution in [1.29, 1.82) is 0 Å². The maximum Gasteiger partial charge on any atom is 0.287 e. The molecule has 3 saturated heterocycles. The summed E-state index contributed by atoms with van der Waals surface area (Å²) in [7, 11) is 0. The number of alkyl halides is 1. The third kappa shape index (κ3) is 4.02. The zero-order valence-electron chi connectivity index (χ0n) is 17.1. The van der Waals surface area contributed by atoms with Crippen molar-refractivity contribution in [1.82, 2.24) is 10.2 Å². The Morgan fingerprint density at radius 1 is 1.19 bits per heavy atom. The Labute approximate surface area is 185 Å². The van der Waals surface area contributed by atoms with E-state index in [9.17, 15) is 9.18 Å². The summed E-state index contributed by atoms with van der Waals surface area (Å²) in [6, 6.07) is 12.8. The highest BCUT2D eigenvalue weighted by Gasteiger charge is 2.35. The first kappa shape index (κ1) is 20.3. The van der Waals surface area contributed by atoms with Crippen molar-refractivity contribution in [2.24, 2.45) is 5.92 Å². The molecule has 1 aromatic heterocycles. The molecule has 31 heavy (non-hydrogen) atoms. The number of nitrogens with zero attached hydrogens (tertiary/aromatic N) is 1. The highest BCUT2D eigenvalue weighted by Crippen LogP contribution is 2.38. The van der Waals surface area contributed by atoms with Crippen LogP contribution in [0.4, 0.5) is 4.39 Å². The van der Waals surface area contributed by atoms with E-state index in [0.29, 0.717) is 27.8 Å². The van der Waals surface area contributed by atoms with Crippen LogP contribution < -0.4 is 10.1 Å². The molecule has 3 fully saturated rings. The van der Waals surface area contributed by atoms with Gasteiger partial charge in [0.1, 0.15) is 24.6 Å². The van der Waals surface area contributed by atoms with E-state index >= 15 is 0 Å². The van der Waals surface area contributed by atoms with E-state index in [4.69, 9.17) is 20.8 Å². The van der Waals surface area contributed by atoms with Gasteiger partial charge in [-0.05, 0) is 56.1 Å². The molecule has 3 aliphatic heterocycles. The van der Waals surface area contributed by atoms with Crippen molar-refractivity contribution < 1.29 is 18.3 Å². The van der Waals surface area contributed by atoms with Crippen LogP contribution in [-0.2, 0) is 0 Å². The maximum absolute atomic E-state index is 13.0. The number of para-hydroxylation sites is 1. The third-order valence-electron chi connectivity index (χ3n) is 6.29. The number of fused-ring (bicyclic) bond motifs is 4. The molecule has 0 aliphatic carbocycles. The number of piperidine rings is 3. The average Bonchev–Trinajstić information content (AvgIpc) is 3.22. The van der Waals surface area contributed by atoms with Crippen molar-refractivity contribution in [3.8, 4) is 16.9 Å². The molecular weight excluding hydrogens is 419 g/mol. The molecule has 2 aromatic carbocycles. The smallest absolute Gasteiger partial charge is 0.287 e. The minimum Gasteiger partial charge on any atom is -0.490 e. The number of nitrogens with one attached hydrogen (secondary N) is 1. The quantitative estimate of drug-likeness (QED) is 0.588. The predicted molar refractivity (Wildman–Crippen MR) is 119 cm³/mol. The minimum atomic E-state index is -0.579. The fourth-order valence-corrected chi connectivity index (χ4v) is 4.99. The second-order valence-corrected chi connectivity index (χ2v) is 8.67. The van der Waals surface area contributed by atoms with Crippen LogP contribution in [0.3, 0.4) is 0 Å². The summed E-state index contributed by atoms with van der Waals surface area (Å²) >= 11 is 6.37. The second kappa shape index (κ2) is 8.52. The van der Waals surface area contributed by atoms with Crippen LogP contribution >= 0.6 is 11.6 Å². The summed E-state index contributed by atoms with van der Waals surface area (Å²) in [5.41, 5.74) is 2.00. The van der Waals surface area contributed by atoms with Gasteiger partial charge in [-0.3, -0.25) is 4.79 Å². The zero-order chi connectivity index (χ0) is 21.4. The number of benzene rings is 2. The van der Waals surface area contributed by atoms with Gasteiger partial charge < -0.3 is 19.4 Å². The van der Waals surface area contributed by atoms with Crippen molar-refractivity contribution in [3.63, 3.8) is 0 Å². The Bertz CT molecular complexity index is 1110. The van der Waals surface area contributed by atoms with Gasteiger partial charge in [-0.25, -0.2) is 4.39 Å². The van der Waals surface area contributed by atoms with Crippen LogP contribution in [0, 0.1) is 5.92 Å². The van der Waals surface area contributed by atoms with Gasteiger partial charge >= 0.3 is 0 Å². The van der Waals surface area contributed by atoms with Crippen LogP contribution in [0.2, 0.25) is 5.02 Å². The normalized spacial score (nSPS) is 22.6. The molecule has 4 heterocycles. The van der Waals surface area contributed by atoms with Gasteiger partial charge in [0.15, 0.2) is 5.76 Å². The van der Waals surface area contributed by atoms with Gasteiger partial charge in [0, 0.05) is 34.1 Å². The lowest BCUT2D eigenvalue weighted by atomic mass is 9.84. The fourth-order valence-electron chi connectivity index (χ4n) is 4.76. The molecule has 162 valence electrons. The summed E-state index contributed by atoms with van der Waals surface area (Å²) in [4.78, 5) is 15.4. The first-order valence-electron chi connectivity index (χ1n) is 10.7. The largest absolute Gasteiger partial charge is 0.490 e. The van der Waals surface area contributed by atoms with Crippen LogP contribution in [-0.4, -0.2) is 49.8 Å². The molecule has 6 rings (SSSR count). The Kier molecular flexibility index (Phi) is 5.59. The van der Waals surface area contributed by atoms with Crippen LogP contribution in [0.15, 0.2) is 46.9 Å². The van der Waals surface area contributed by atoms with Gasteiger partial charge in [0.25, 0.3) is 5.91 Å². The fraction of sp³-hybridized carbons (Fsp3) is 0.375. The lowest BCUT2D eigenvalue weighted by molar-refractivity contribution is 0.0607. The predicted octanol–water partition coefficient (Wildman–Crippen LogP) is 4.93. The summed E-state index contributed by atoms with van der Waals surface area (Å²) in [6.45, 7) is 2.52. The Balaban J connectivity index is 1.47. The molecule has 1 amide bonds. The lowest BCUT2D eigenvalue weighted by Gasteiger charge is -2.44. The molecule has 0 radical (unpaired) electrons. The summed E-state index contributed by atoms with van der Waals surface area (Å²) < 4.78 is 24.3. The standard InChI is InChI=1S/C24H24ClFN2O3/c25-17-11-16-12-22(24(29)27-20-14-28-8-5-15(20)6-9-28)31-23(16)19(13-17)18-3-1-2-4-21(18)30-10-7-26/h1-4,11-13,15,20H,5-10,14H2,(H,27,29)/t20-/m0/s1. The molecule has 7 heteroatoms. The number of furan rings is 1.